The molecule has 1 amide bonds. The van der Waals surface area contributed by atoms with Crippen LogP contribution in [0.5, 0.6) is 5.75 Å². The third-order valence-electron chi connectivity index (χ3n) is 7.21. The number of rotatable bonds is 8. The number of hydrogen-bond donors (Lipinski definition) is 2. The minimum absolute atomic E-state index is 0.00701. The van der Waals surface area contributed by atoms with Gasteiger partial charge >= 0.3 is 0 Å². The number of carbonyl (C=O) groups is 1. The van der Waals surface area contributed by atoms with E-state index in [2.05, 4.69) is 10.0 Å². The van der Waals surface area contributed by atoms with Crippen molar-refractivity contribution >= 4 is 15.9 Å². The van der Waals surface area contributed by atoms with Gasteiger partial charge in [-0.3, -0.25) is 4.79 Å². The highest BCUT2D eigenvalue weighted by Crippen LogP contribution is 2.61. The van der Waals surface area contributed by atoms with Crippen molar-refractivity contribution in [2.45, 2.75) is 69.7 Å². The molecule has 30 heavy (non-hydrogen) atoms. The summed E-state index contributed by atoms with van der Waals surface area (Å²) in [5, 5.41) is 3.04. The first kappa shape index (κ1) is 21.6. The molecule has 0 spiro atoms. The van der Waals surface area contributed by atoms with Crippen LogP contribution < -0.4 is 14.8 Å². The highest BCUT2D eigenvalue weighted by molar-refractivity contribution is 7.89. The van der Waals surface area contributed by atoms with Crippen LogP contribution in [0.2, 0.25) is 0 Å². The van der Waals surface area contributed by atoms with Gasteiger partial charge < -0.3 is 10.1 Å². The Balaban J connectivity index is 1.42. The molecule has 7 heteroatoms. The normalized spacial score (nSPS) is 29.9. The summed E-state index contributed by atoms with van der Waals surface area (Å²) in [4.78, 5) is 12.8. The Bertz CT molecular complexity index is 874. The van der Waals surface area contributed by atoms with E-state index in [4.69, 9.17) is 4.74 Å². The van der Waals surface area contributed by atoms with Gasteiger partial charge in [0.1, 0.15) is 10.6 Å². The van der Waals surface area contributed by atoms with Gasteiger partial charge in [-0.05, 0) is 100 Å². The molecule has 5 rings (SSSR count). The average molecular weight is 435 g/mol. The molecule has 2 N–H and O–H groups in total. The van der Waals surface area contributed by atoms with Crippen LogP contribution in [0.1, 0.15) is 69.2 Å². The van der Waals surface area contributed by atoms with Crippen LogP contribution >= 0.6 is 0 Å². The Morgan fingerprint density at radius 3 is 2.27 bits per heavy atom. The third kappa shape index (κ3) is 4.37. The third-order valence-corrected chi connectivity index (χ3v) is 8.89. The number of benzene rings is 1. The van der Waals surface area contributed by atoms with Crippen molar-refractivity contribution in [3.63, 3.8) is 0 Å². The number of ether oxygens (including phenoxy) is 1. The molecule has 4 aliphatic rings. The topological polar surface area (TPSA) is 84.5 Å². The zero-order chi connectivity index (χ0) is 21.5. The van der Waals surface area contributed by atoms with E-state index in [-0.39, 0.29) is 22.6 Å². The van der Waals surface area contributed by atoms with Crippen molar-refractivity contribution in [1.82, 2.24) is 10.0 Å². The minimum atomic E-state index is -3.76. The zero-order valence-electron chi connectivity index (χ0n) is 18.2. The Morgan fingerprint density at radius 1 is 1.13 bits per heavy atom. The molecule has 1 aromatic rings. The maximum absolute atomic E-state index is 12.8. The standard InChI is InChI=1S/C23H34N2O4S/c1-15(2)25-30(27,28)21-11-19(4-5-20(21)29-3)22(26)24-7-6-23-12-16-8-17(13-23)10-18(9-16)14-23/h4-5,11,15-18,25H,6-10,12-14H2,1-3H3,(H,24,26). The van der Waals surface area contributed by atoms with Gasteiger partial charge in [0.05, 0.1) is 7.11 Å². The lowest BCUT2D eigenvalue weighted by Crippen LogP contribution is -2.47. The first-order valence-electron chi connectivity index (χ1n) is 11.2. The van der Waals surface area contributed by atoms with E-state index in [9.17, 15) is 13.2 Å². The van der Waals surface area contributed by atoms with E-state index < -0.39 is 10.0 Å². The summed E-state index contributed by atoms with van der Waals surface area (Å²) in [6.45, 7) is 4.15. The molecule has 0 heterocycles. The number of sulfonamides is 1. The van der Waals surface area contributed by atoms with Gasteiger partial charge in [-0.2, -0.15) is 0 Å². The summed E-state index contributed by atoms with van der Waals surface area (Å²) in [6, 6.07) is 4.32. The van der Waals surface area contributed by atoms with Crippen LogP contribution in [0.25, 0.3) is 0 Å². The lowest BCUT2D eigenvalue weighted by atomic mass is 9.49. The molecule has 0 radical (unpaired) electrons. The number of hydrogen-bond acceptors (Lipinski definition) is 4. The fraction of sp³-hybridized carbons (Fsp3) is 0.696. The molecule has 0 saturated heterocycles. The second-order valence-corrected chi connectivity index (χ2v) is 11.7. The predicted octanol–water partition coefficient (Wildman–Crippen LogP) is 3.72. The van der Waals surface area contributed by atoms with Crippen molar-refractivity contribution in [3.8, 4) is 5.75 Å². The van der Waals surface area contributed by atoms with E-state index >= 15 is 0 Å². The highest BCUT2D eigenvalue weighted by atomic mass is 32.2. The minimum Gasteiger partial charge on any atom is -0.495 e. The Morgan fingerprint density at radius 2 is 1.73 bits per heavy atom. The molecule has 0 aliphatic heterocycles. The molecule has 4 saturated carbocycles. The van der Waals surface area contributed by atoms with Crippen LogP contribution in [0.3, 0.4) is 0 Å². The summed E-state index contributed by atoms with van der Waals surface area (Å²) in [6.07, 6.45) is 9.23. The van der Waals surface area contributed by atoms with Crippen molar-refractivity contribution in [3.05, 3.63) is 23.8 Å². The monoisotopic (exact) mass is 434 g/mol. The second kappa shape index (κ2) is 8.15. The van der Waals surface area contributed by atoms with Gasteiger partial charge in [0.25, 0.3) is 5.91 Å². The average Bonchev–Trinajstić information content (AvgIpc) is 2.65. The van der Waals surface area contributed by atoms with Gasteiger partial charge in [0.15, 0.2) is 0 Å². The van der Waals surface area contributed by atoms with Gasteiger partial charge in [0.2, 0.25) is 10.0 Å². The fourth-order valence-electron chi connectivity index (χ4n) is 6.54. The van der Waals surface area contributed by atoms with E-state index in [1.165, 1.54) is 51.7 Å². The Kier molecular flexibility index (Phi) is 5.88. The van der Waals surface area contributed by atoms with E-state index in [1.807, 2.05) is 0 Å². The molecule has 4 aliphatic carbocycles. The van der Waals surface area contributed by atoms with Crippen molar-refractivity contribution < 1.29 is 17.9 Å². The van der Waals surface area contributed by atoms with Gasteiger partial charge in [-0.15, -0.1) is 0 Å². The number of methoxy groups -OCH3 is 1. The van der Waals surface area contributed by atoms with E-state index in [1.54, 1.807) is 26.0 Å². The Labute approximate surface area is 180 Å². The van der Waals surface area contributed by atoms with Gasteiger partial charge in [-0.25, -0.2) is 13.1 Å². The number of amides is 1. The highest BCUT2D eigenvalue weighted by Gasteiger charge is 2.50. The van der Waals surface area contributed by atoms with Crippen LogP contribution in [-0.4, -0.2) is 34.0 Å². The van der Waals surface area contributed by atoms with E-state index in [0.29, 0.717) is 17.5 Å². The van der Waals surface area contributed by atoms with Gasteiger partial charge in [0, 0.05) is 18.2 Å². The smallest absolute Gasteiger partial charge is 0.251 e. The summed E-state index contributed by atoms with van der Waals surface area (Å²) < 4.78 is 33.1. The summed E-state index contributed by atoms with van der Waals surface area (Å²) in [7, 11) is -2.34. The second-order valence-electron chi connectivity index (χ2n) is 10.1. The SMILES string of the molecule is COc1ccc(C(=O)NCCC23CC4CC(CC(C4)C2)C3)cc1S(=O)(=O)NC(C)C. The maximum atomic E-state index is 12.8. The summed E-state index contributed by atoms with van der Waals surface area (Å²) in [5.41, 5.74) is 0.753. The molecule has 4 fully saturated rings. The molecule has 6 nitrogen and oxygen atoms in total. The Hall–Kier alpha value is -1.60. The molecule has 0 atom stereocenters. The van der Waals surface area contributed by atoms with Crippen LogP contribution in [0, 0.1) is 23.2 Å². The van der Waals surface area contributed by atoms with Crippen molar-refractivity contribution in [1.29, 1.82) is 0 Å². The first-order valence-corrected chi connectivity index (χ1v) is 12.7. The first-order chi connectivity index (χ1) is 14.2. The van der Waals surface area contributed by atoms with Crippen molar-refractivity contribution in [2.75, 3.05) is 13.7 Å². The fourth-order valence-corrected chi connectivity index (χ4v) is 7.99. The van der Waals surface area contributed by atoms with Crippen molar-refractivity contribution in [2.24, 2.45) is 23.2 Å². The lowest BCUT2D eigenvalue weighted by molar-refractivity contribution is -0.0564. The number of carbonyl (C=O) groups excluding carboxylic acids is 1. The van der Waals surface area contributed by atoms with E-state index in [0.717, 1.165) is 24.2 Å². The number of nitrogens with one attached hydrogen (secondary N) is 2. The quantitative estimate of drug-likeness (QED) is 0.653. The van der Waals surface area contributed by atoms with Crippen LogP contribution in [0.15, 0.2) is 23.1 Å². The molecule has 0 aromatic heterocycles. The molecule has 4 bridgehead atoms. The van der Waals surface area contributed by atoms with Crippen LogP contribution in [-0.2, 0) is 10.0 Å². The van der Waals surface area contributed by atoms with Gasteiger partial charge in [-0.1, -0.05) is 0 Å². The molecule has 166 valence electrons. The zero-order valence-corrected chi connectivity index (χ0v) is 19.1. The largest absolute Gasteiger partial charge is 0.495 e. The lowest BCUT2D eigenvalue weighted by Gasteiger charge is -2.57. The molecular weight excluding hydrogens is 400 g/mol. The summed E-state index contributed by atoms with van der Waals surface area (Å²) in [5.74, 6) is 2.69. The molecular formula is C23H34N2O4S. The molecule has 0 unspecified atom stereocenters. The predicted molar refractivity (Wildman–Crippen MR) is 116 cm³/mol. The van der Waals surface area contributed by atoms with Crippen LogP contribution in [0.4, 0.5) is 0 Å². The molecule has 1 aromatic carbocycles. The summed E-state index contributed by atoms with van der Waals surface area (Å²) >= 11 is 0. The maximum Gasteiger partial charge on any atom is 0.251 e.